The fourth-order valence-corrected chi connectivity index (χ4v) is 2.00. The second-order valence-electron chi connectivity index (χ2n) is 4.31. The Balaban J connectivity index is 2.44. The zero-order valence-corrected chi connectivity index (χ0v) is 12.2. The second kappa shape index (κ2) is 6.02. The molecule has 0 unspecified atom stereocenters. The Hall–Kier alpha value is -1.62. The topological polar surface area (TPSA) is 55.6 Å². The summed E-state index contributed by atoms with van der Waals surface area (Å²) in [4.78, 5) is 8.64. The van der Waals surface area contributed by atoms with Crippen LogP contribution in [0.5, 0.6) is 0 Å². The number of nitrogens with zero attached hydrogens (tertiary/aromatic N) is 4. The minimum Gasteiger partial charge on any atom is -0.370 e. The lowest BCUT2D eigenvalue weighted by molar-refractivity contribution is 0.805. The lowest BCUT2D eigenvalue weighted by Crippen LogP contribution is -2.10. The van der Waals surface area contributed by atoms with Crippen molar-refractivity contribution in [1.29, 1.82) is 0 Å². The maximum atomic E-state index is 6.06. The van der Waals surface area contributed by atoms with Crippen molar-refractivity contribution >= 4 is 17.4 Å². The maximum absolute atomic E-state index is 6.06. The first-order valence-electron chi connectivity index (χ1n) is 6.47. The van der Waals surface area contributed by atoms with Crippen LogP contribution in [0.15, 0.2) is 12.5 Å². The van der Waals surface area contributed by atoms with Crippen LogP contribution in [0.1, 0.15) is 31.5 Å². The van der Waals surface area contributed by atoms with Crippen molar-refractivity contribution in [3.05, 3.63) is 28.8 Å². The summed E-state index contributed by atoms with van der Waals surface area (Å²) in [7, 11) is 0. The molecule has 0 bridgehead atoms. The van der Waals surface area contributed by atoms with Gasteiger partial charge in [-0.05, 0) is 19.8 Å². The van der Waals surface area contributed by atoms with Crippen molar-refractivity contribution in [2.75, 3.05) is 11.9 Å². The van der Waals surface area contributed by atoms with Gasteiger partial charge in [-0.25, -0.2) is 14.6 Å². The molecule has 102 valence electrons. The van der Waals surface area contributed by atoms with E-state index in [4.69, 9.17) is 11.6 Å². The quantitative estimate of drug-likeness (QED) is 0.914. The predicted octanol–water partition coefficient (Wildman–Crippen LogP) is 3.01. The van der Waals surface area contributed by atoms with Crippen molar-refractivity contribution in [3.63, 3.8) is 0 Å². The van der Waals surface area contributed by atoms with Gasteiger partial charge in [-0.3, -0.25) is 0 Å². The number of halogens is 1. The molecule has 0 spiro atoms. The average Bonchev–Trinajstić information content (AvgIpc) is 2.75. The van der Waals surface area contributed by atoms with Crippen LogP contribution in [0.2, 0.25) is 5.02 Å². The summed E-state index contributed by atoms with van der Waals surface area (Å²) in [6, 6.07) is 0. The monoisotopic (exact) mass is 279 g/mol. The molecule has 0 aliphatic carbocycles. The summed E-state index contributed by atoms with van der Waals surface area (Å²) in [5.41, 5.74) is 1.85. The summed E-state index contributed by atoms with van der Waals surface area (Å²) in [5.74, 6) is 1.66. The van der Waals surface area contributed by atoms with E-state index in [1.165, 1.54) is 0 Å². The molecule has 2 aromatic rings. The third kappa shape index (κ3) is 2.87. The molecule has 2 aromatic heterocycles. The Morgan fingerprint density at radius 2 is 2.11 bits per heavy atom. The van der Waals surface area contributed by atoms with Crippen molar-refractivity contribution in [2.24, 2.45) is 0 Å². The molecule has 5 nitrogen and oxygen atoms in total. The zero-order valence-electron chi connectivity index (χ0n) is 11.4. The van der Waals surface area contributed by atoms with Gasteiger partial charge in [0.25, 0.3) is 0 Å². The maximum Gasteiger partial charge on any atom is 0.162 e. The van der Waals surface area contributed by atoms with Gasteiger partial charge in [0.05, 0.1) is 16.9 Å². The molecule has 0 atom stereocenters. The van der Waals surface area contributed by atoms with E-state index in [0.717, 1.165) is 42.3 Å². The molecule has 0 aliphatic rings. The number of hydrogen-bond donors (Lipinski definition) is 1. The summed E-state index contributed by atoms with van der Waals surface area (Å²) in [6.45, 7) is 6.97. The van der Waals surface area contributed by atoms with E-state index in [1.807, 2.05) is 6.92 Å². The Morgan fingerprint density at radius 1 is 1.32 bits per heavy atom. The number of aromatic nitrogens is 4. The normalized spacial score (nSPS) is 10.7. The molecule has 0 fully saturated rings. The SMILES string of the molecule is CCCNc1ncnc(-n2cc(Cl)c(C)n2)c1CC. The van der Waals surface area contributed by atoms with E-state index in [0.29, 0.717) is 5.02 Å². The molecule has 2 rings (SSSR count). The van der Waals surface area contributed by atoms with E-state index in [9.17, 15) is 0 Å². The highest BCUT2D eigenvalue weighted by atomic mass is 35.5. The summed E-state index contributed by atoms with van der Waals surface area (Å²) < 4.78 is 1.72. The van der Waals surface area contributed by atoms with Gasteiger partial charge >= 0.3 is 0 Å². The molecule has 0 aliphatic heterocycles. The van der Waals surface area contributed by atoms with Gasteiger partial charge in [-0.1, -0.05) is 25.4 Å². The molecule has 0 saturated carbocycles. The van der Waals surface area contributed by atoms with E-state index in [1.54, 1.807) is 17.2 Å². The third-order valence-corrected chi connectivity index (χ3v) is 3.25. The lowest BCUT2D eigenvalue weighted by Gasteiger charge is -2.12. The fourth-order valence-electron chi connectivity index (χ4n) is 1.87. The van der Waals surface area contributed by atoms with Gasteiger partial charge in [0, 0.05) is 12.1 Å². The van der Waals surface area contributed by atoms with Gasteiger partial charge < -0.3 is 5.32 Å². The predicted molar refractivity (Wildman–Crippen MR) is 77.1 cm³/mol. The van der Waals surface area contributed by atoms with Crippen LogP contribution in [-0.4, -0.2) is 26.3 Å². The van der Waals surface area contributed by atoms with Gasteiger partial charge in [0.15, 0.2) is 5.82 Å². The van der Waals surface area contributed by atoms with Crippen LogP contribution in [0.25, 0.3) is 5.82 Å². The summed E-state index contributed by atoms with van der Waals surface area (Å²) in [6.07, 6.45) is 5.22. The molecule has 2 heterocycles. The van der Waals surface area contributed by atoms with E-state index >= 15 is 0 Å². The lowest BCUT2D eigenvalue weighted by atomic mass is 10.2. The Kier molecular flexibility index (Phi) is 4.37. The molecular formula is C13H18ClN5. The first-order valence-corrected chi connectivity index (χ1v) is 6.85. The van der Waals surface area contributed by atoms with Crippen LogP contribution in [0.4, 0.5) is 5.82 Å². The third-order valence-electron chi connectivity index (χ3n) is 2.87. The van der Waals surface area contributed by atoms with E-state index < -0.39 is 0 Å². The van der Waals surface area contributed by atoms with E-state index in [-0.39, 0.29) is 0 Å². The molecule has 6 heteroatoms. The number of rotatable bonds is 5. The summed E-state index contributed by atoms with van der Waals surface area (Å²) in [5, 5.41) is 8.34. The fraction of sp³-hybridized carbons (Fsp3) is 0.462. The molecule has 19 heavy (non-hydrogen) atoms. The Morgan fingerprint density at radius 3 is 2.68 bits per heavy atom. The van der Waals surface area contributed by atoms with Crippen molar-refractivity contribution in [3.8, 4) is 5.82 Å². The average molecular weight is 280 g/mol. The van der Waals surface area contributed by atoms with Gasteiger partial charge in [0.2, 0.25) is 0 Å². The van der Waals surface area contributed by atoms with Crippen LogP contribution in [0, 0.1) is 6.92 Å². The number of aryl methyl sites for hydroxylation is 1. The largest absolute Gasteiger partial charge is 0.370 e. The minimum absolute atomic E-state index is 0.642. The standard InChI is InChI=1S/C13H18ClN5/c1-4-6-15-12-10(5-2)13(17-8-16-12)19-7-11(14)9(3)18-19/h7-8H,4-6H2,1-3H3,(H,15,16,17). The molecule has 0 radical (unpaired) electrons. The van der Waals surface area contributed by atoms with E-state index in [2.05, 4.69) is 34.2 Å². The van der Waals surface area contributed by atoms with Gasteiger partial charge in [0.1, 0.15) is 12.1 Å². The summed E-state index contributed by atoms with van der Waals surface area (Å²) >= 11 is 6.06. The highest BCUT2D eigenvalue weighted by Crippen LogP contribution is 2.22. The van der Waals surface area contributed by atoms with Gasteiger partial charge in [-0.2, -0.15) is 5.10 Å². The number of hydrogen-bond acceptors (Lipinski definition) is 4. The van der Waals surface area contributed by atoms with Crippen molar-refractivity contribution in [2.45, 2.75) is 33.6 Å². The first kappa shape index (κ1) is 13.8. The van der Waals surface area contributed by atoms with Crippen LogP contribution in [-0.2, 0) is 6.42 Å². The highest BCUT2D eigenvalue weighted by molar-refractivity contribution is 6.31. The second-order valence-corrected chi connectivity index (χ2v) is 4.72. The smallest absolute Gasteiger partial charge is 0.162 e. The van der Waals surface area contributed by atoms with Crippen molar-refractivity contribution in [1.82, 2.24) is 19.7 Å². The molecule has 0 amide bonds. The molecule has 0 saturated heterocycles. The van der Waals surface area contributed by atoms with Crippen LogP contribution < -0.4 is 5.32 Å². The van der Waals surface area contributed by atoms with Crippen LogP contribution in [0.3, 0.4) is 0 Å². The molecule has 1 N–H and O–H groups in total. The number of anilines is 1. The number of nitrogens with one attached hydrogen (secondary N) is 1. The Labute approximate surface area is 118 Å². The minimum atomic E-state index is 0.642. The van der Waals surface area contributed by atoms with Crippen LogP contribution >= 0.6 is 11.6 Å². The first-order chi connectivity index (χ1) is 9.17. The molecular weight excluding hydrogens is 262 g/mol. The molecule has 0 aromatic carbocycles. The highest BCUT2D eigenvalue weighted by Gasteiger charge is 2.13. The Bertz CT molecular complexity index is 545. The van der Waals surface area contributed by atoms with Gasteiger partial charge in [-0.15, -0.1) is 0 Å². The van der Waals surface area contributed by atoms with Crippen molar-refractivity contribution < 1.29 is 0 Å². The zero-order chi connectivity index (χ0) is 13.8.